The topological polar surface area (TPSA) is 45.5 Å². The molecule has 0 amide bonds. The summed E-state index contributed by atoms with van der Waals surface area (Å²) < 4.78 is 9.51. The highest BCUT2D eigenvalue weighted by Gasteiger charge is 2.33. The first-order chi connectivity index (χ1) is 40.9. The molecule has 0 bridgehead atoms. The van der Waals surface area contributed by atoms with E-state index in [0.29, 0.717) is 0 Å². The highest BCUT2D eigenvalue weighted by atomic mass is 15.0. The molecule has 83 heavy (non-hydrogen) atoms. The molecule has 0 radical (unpaired) electrons. The second-order valence-corrected chi connectivity index (χ2v) is 22.1. The second kappa shape index (κ2) is 21.3. The summed E-state index contributed by atoms with van der Waals surface area (Å²) in [6.45, 7) is 12.7. The van der Waals surface area contributed by atoms with Crippen molar-refractivity contribution in [2.45, 2.75) is 39.5 Å². The van der Waals surface area contributed by atoms with Crippen LogP contribution in [0.25, 0.3) is 112 Å². The number of fused-ring (bicyclic) bond motifs is 8. The molecule has 0 saturated carbocycles. The fourth-order valence-corrected chi connectivity index (χ4v) is 13.5. The number of hydrogen-bond acceptors (Lipinski definition) is 2. The number of hydrogen-bond donors (Lipinski definition) is 0. The zero-order valence-electron chi connectivity index (χ0n) is 46.8. The standard InChI is InChI=1S/C77H62N6/c1-5-17-69-61(7-3)63-19-9-13-23-71(63)80(69)57-35-27-53(28-36-57)47-77(48-54-29-37-58(38-30-54)81-70(18-6-2)62(8-4)64-20-10-14-24-72(64)81,49-55-31-39-59(40-32-55)82-73-25-15-11-21-65(73)67-51-78-45-43-75(67)82)50-56-33-41-60(42-34-56)83-74-26-16-12-22-66(74)68-52-79-46-44-76(68)83/h5-46,51-52H,3-4,47-50H2,1-2H3/b17-5-,18-6-. The third-order valence-electron chi connectivity index (χ3n) is 17.0. The lowest BCUT2D eigenvalue weighted by Crippen LogP contribution is -2.32. The van der Waals surface area contributed by atoms with Crippen LogP contribution in [0.4, 0.5) is 0 Å². The van der Waals surface area contributed by atoms with Gasteiger partial charge in [0.05, 0.1) is 44.5 Å². The number of rotatable bonds is 16. The average molecular weight is 1070 g/mol. The van der Waals surface area contributed by atoms with Gasteiger partial charge in [-0.25, -0.2) is 0 Å². The van der Waals surface area contributed by atoms with Gasteiger partial charge in [0.15, 0.2) is 0 Å². The van der Waals surface area contributed by atoms with Gasteiger partial charge in [0.2, 0.25) is 0 Å². The third kappa shape index (κ3) is 8.91. The van der Waals surface area contributed by atoms with Crippen LogP contribution >= 0.6 is 0 Å². The molecule has 0 fully saturated rings. The number of benzene rings is 8. The normalized spacial score (nSPS) is 12.2. The SMILES string of the molecule is C=Cc1c(/C=C\C)n(-c2ccc(CC(Cc3ccc(-n4c(/C=C\C)c(C=C)c5ccccc54)cc3)(Cc3ccc(-n4c5ccccc5c5cnccc54)cc3)Cc3ccc(-n4c5ccccc5c5cnccc54)cc3)cc2)c2ccccc12. The number of pyridine rings is 2. The Hall–Kier alpha value is -10.3. The van der Waals surface area contributed by atoms with Crippen molar-refractivity contribution in [1.82, 2.24) is 28.2 Å². The summed E-state index contributed by atoms with van der Waals surface area (Å²) in [6.07, 6.45) is 23.7. The minimum atomic E-state index is -0.290. The molecule has 14 aromatic rings. The van der Waals surface area contributed by atoms with Crippen molar-refractivity contribution in [3.05, 3.63) is 301 Å². The summed E-state index contributed by atoms with van der Waals surface area (Å²) in [4.78, 5) is 9.07. The highest BCUT2D eigenvalue weighted by Crippen LogP contribution is 2.41. The van der Waals surface area contributed by atoms with Gasteiger partial charge in [0, 0.05) is 91.0 Å². The molecule has 0 N–H and O–H groups in total. The van der Waals surface area contributed by atoms with Crippen molar-refractivity contribution in [2.75, 3.05) is 0 Å². The monoisotopic (exact) mass is 1070 g/mol. The molecule has 0 unspecified atom stereocenters. The zero-order valence-corrected chi connectivity index (χ0v) is 46.8. The summed E-state index contributed by atoms with van der Waals surface area (Å²) in [7, 11) is 0. The molecule has 6 aromatic heterocycles. The lowest BCUT2D eigenvalue weighted by molar-refractivity contribution is 0.275. The van der Waals surface area contributed by atoms with Crippen LogP contribution in [0.1, 0.15) is 58.6 Å². The highest BCUT2D eigenvalue weighted by molar-refractivity contribution is 6.10. The predicted octanol–water partition coefficient (Wildman–Crippen LogP) is 19.2. The van der Waals surface area contributed by atoms with Gasteiger partial charge in [-0.1, -0.05) is 159 Å². The van der Waals surface area contributed by atoms with Gasteiger partial charge in [-0.3, -0.25) is 9.97 Å². The van der Waals surface area contributed by atoms with Crippen LogP contribution in [0.2, 0.25) is 0 Å². The van der Waals surface area contributed by atoms with E-state index in [1.165, 1.54) is 54.8 Å². The van der Waals surface area contributed by atoms with Crippen LogP contribution < -0.4 is 0 Å². The van der Waals surface area contributed by atoms with E-state index in [-0.39, 0.29) is 5.41 Å². The maximum atomic E-state index is 4.53. The minimum Gasteiger partial charge on any atom is -0.309 e. The first-order valence-corrected chi connectivity index (χ1v) is 28.8. The maximum absolute atomic E-state index is 4.53. The summed E-state index contributed by atoms with van der Waals surface area (Å²) in [6, 6.07) is 76.3. The molecule has 8 aromatic carbocycles. The van der Waals surface area contributed by atoms with Gasteiger partial charge in [0.1, 0.15) is 0 Å². The Morgan fingerprint density at radius 3 is 0.952 bits per heavy atom. The van der Waals surface area contributed by atoms with Gasteiger partial charge in [-0.05, 0) is 164 Å². The minimum absolute atomic E-state index is 0.290. The van der Waals surface area contributed by atoms with Gasteiger partial charge >= 0.3 is 0 Å². The lowest BCUT2D eigenvalue weighted by Gasteiger charge is -2.36. The van der Waals surface area contributed by atoms with Crippen molar-refractivity contribution in [3.63, 3.8) is 0 Å². The number of para-hydroxylation sites is 4. The van der Waals surface area contributed by atoms with E-state index >= 15 is 0 Å². The Labute approximate surface area is 484 Å². The first kappa shape index (κ1) is 50.9. The number of nitrogens with zero attached hydrogens (tertiary/aromatic N) is 6. The van der Waals surface area contributed by atoms with Crippen LogP contribution in [0.5, 0.6) is 0 Å². The Balaban J connectivity index is 0.910. The first-order valence-electron chi connectivity index (χ1n) is 28.8. The van der Waals surface area contributed by atoms with E-state index < -0.39 is 0 Å². The quantitative estimate of drug-likeness (QED) is 0.0968. The van der Waals surface area contributed by atoms with Crippen LogP contribution in [0.3, 0.4) is 0 Å². The Morgan fingerprint density at radius 2 is 0.627 bits per heavy atom. The predicted molar refractivity (Wildman–Crippen MR) is 351 cm³/mol. The molecule has 400 valence electrons. The van der Waals surface area contributed by atoms with Gasteiger partial charge in [-0.2, -0.15) is 0 Å². The summed E-state index contributed by atoms with van der Waals surface area (Å²) >= 11 is 0. The van der Waals surface area contributed by atoms with Crippen molar-refractivity contribution in [1.29, 1.82) is 0 Å². The molecule has 0 aliphatic heterocycles. The fourth-order valence-electron chi connectivity index (χ4n) is 13.5. The molecule has 0 saturated heterocycles. The van der Waals surface area contributed by atoms with Crippen molar-refractivity contribution in [3.8, 4) is 22.7 Å². The lowest BCUT2D eigenvalue weighted by atomic mass is 9.68. The molecular formula is C77H62N6. The smallest absolute Gasteiger partial charge is 0.0571 e. The van der Waals surface area contributed by atoms with Gasteiger partial charge in [-0.15, -0.1) is 0 Å². The second-order valence-electron chi connectivity index (χ2n) is 22.1. The molecular weight excluding hydrogens is 1010 g/mol. The van der Waals surface area contributed by atoms with E-state index in [1.54, 1.807) is 0 Å². The van der Waals surface area contributed by atoms with Gasteiger partial charge < -0.3 is 18.3 Å². The van der Waals surface area contributed by atoms with Crippen LogP contribution in [0.15, 0.2) is 256 Å². The van der Waals surface area contributed by atoms with Crippen LogP contribution in [0, 0.1) is 5.41 Å². The van der Waals surface area contributed by atoms with Crippen molar-refractivity contribution in [2.24, 2.45) is 5.41 Å². The van der Waals surface area contributed by atoms with Crippen LogP contribution in [-0.2, 0) is 25.7 Å². The van der Waals surface area contributed by atoms with Crippen molar-refractivity contribution >= 4 is 89.7 Å². The molecule has 6 heterocycles. The molecule has 0 atom stereocenters. The maximum Gasteiger partial charge on any atom is 0.0571 e. The Kier molecular flexibility index (Phi) is 13.1. The average Bonchev–Trinajstić information content (AvgIpc) is 4.16. The van der Waals surface area contributed by atoms with E-state index in [4.69, 9.17) is 0 Å². The van der Waals surface area contributed by atoms with E-state index in [0.717, 1.165) is 104 Å². The zero-order chi connectivity index (χ0) is 56.0. The summed E-state index contributed by atoms with van der Waals surface area (Å²) in [5, 5.41) is 7.08. The molecule has 0 aliphatic carbocycles. The van der Waals surface area contributed by atoms with Crippen molar-refractivity contribution < 1.29 is 0 Å². The molecule has 14 rings (SSSR count). The summed E-state index contributed by atoms with van der Waals surface area (Å²) in [5.74, 6) is 0. The summed E-state index contributed by atoms with van der Waals surface area (Å²) in [5.41, 5.74) is 20.9. The van der Waals surface area contributed by atoms with Gasteiger partial charge in [0.25, 0.3) is 0 Å². The third-order valence-corrected chi connectivity index (χ3v) is 17.0. The Bertz CT molecular complexity index is 4410. The van der Waals surface area contributed by atoms with Crippen LogP contribution in [-0.4, -0.2) is 28.2 Å². The van der Waals surface area contributed by atoms with E-state index in [2.05, 4.69) is 286 Å². The molecule has 6 nitrogen and oxygen atoms in total. The largest absolute Gasteiger partial charge is 0.309 e. The Morgan fingerprint density at radius 1 is 0.337 bits per heavy atom. The molecule has 0 spiro atoms. The molecule has 6 heteroatoms. The number of aromatic nitrogens is 6. The van der Waals surface area contributed by atoms with E-state index in [1.807, 2.05) is 36.9 Å². The number of allylic oxidation sites excluding steroid dienone is 2. The molecule has 0 aliphatic rings. The fraction of sp³-hybridized carbons (Fsp3) is 0.0909. The van der Waals surface area contributed by atoms with E-state index in [9.17, 15) is 0 Å².